The first kappa shape index (κ1) is 13.9. The normalized spacial score (nSPS) is 23.8. The fourth-order valence-electron chi connectivity index (χ4n) is 1.71. The van der Waals surface area contributed by atoms with Gasteiger partial charge in [-0.1, -0.05) is 22.0 Å². The molecule has 0 unspecified atom stereocenters. The lowest BCUT2D eigenvalue weighted by Gasteiger charge is -2.21. The first-order valence-corrected chi connectivity index (χ1v) is 8.69. The van der Waals surface area contributed by atoms with Gasteiger partial charge in [0.1, 0.15) is 5.54 Å². The smallest absolute Gasteiger partial charge is 0.207 e. The minimum Gasteiger partial charge on any atom is -0.207 e. The number of hydrogen-bond donors (Lipinski definition) is 1. The molecule has 0 bridgehead atoms. The molecule has 0 aromatic heterocycles. The highest BCUT2D eigenvalue weighted by atomic mass is 79.9. The van der Waals surface area contributed by atoms with Crippen LogP contribution in [0.5, 0.6) is 0 Å². The van der Waals surface area contributed by atoms with Crippen molar-refractivity contribution in [3.63, 3.8) is 0 Å². The maximum Gasteiger partial charge on any atom is 0.242 e. The van der Waals surface area contributed by atoms with Crippen LogP contribution in [0.3, 0.4) is 0 Å². The Kier molecular flexibility index (Phi) is 4.02. The van der Waals surface area contributed by atoms with Crippen LogP contribution in [0.4, 0.5) is 0 Å². The summed E-state index contributed by atoms with van der Waals surface area (Å²) in [6.07, 6.45) is 0.543. The highest BCUT2D eigenvalue weighted by molar-refractivity contribution is 9.10. The van der Waals surface area contributed by atoms with E-state index in [0.717, 1.165) is 5.75 Å². The highest BCUT2D eigenvalue weighted by Gasteiger charge is 2.38. The molecule has 1 saturated heterocycles. The standard InChI is InChI=1S/C11H11BrN2O2S2/c12-9-2-1-3-10(6-9)18(15,16)14-11(7-13)4-5-17-8-11/h1-3,6,14H,4-5,8H2/t11-/m1/s1. The van der Waals surface area contributed by atoms with Crippen LogP contribution in [-0.2, 0) is 10.0 Å². The molecule has 0 saturated carbocycles. The van der Waals surface area contributed by atoms with Crippen LogP contribution in [-0.4, -0.2) is 25.5 Å². The SMILES string of the molecule is N#C[C@]1(NS(=O)(=O)c2cccc(Br)c2)CCSC1. The Bertz CT molecular complexity index is 589. The second kappa shape index (κ2) is 5.21. The Hall–Kier alpha value is -0.550. The maximum atomic E-state index is 12.2. The molecule has 7 heteroatoms. The summed E-state index contributed by atoms with van der Waals surface area (Å²) >= 11 is 4.82. The van der Waals surface area contributed by atoms with Crippen molar-refractivity contribution < 1.29 is 8.42 Å². The molecule has 0 aliphatic carbocycles. The van der Waals surface area contributed by atoms with Gasteiger partial charge in [-0.15, -0.1) is 0 Å². The molecular formula is C11H11BrN2O2S2. The van der Waals surface area contributed by atoms with Crippen molar-refractivity contribution in [2.45, 2.75) is 16.9 Å². The van der Waals surface area contributed by atoms with E-state index in [1.807, 2.05) is 0 Å². The molecule has 0 amide bonds. The molecule has 2 rings (SSSR count). The minimum atomic E-state index is -3.65. The Morgan fingerprint density at radius 2 is 2.28 bits per heavy atom. The van der Waals surface area contributed by atoms with Crippen molar-refractivity contribution in [1.82, 2.24) is 4.72 Å². The number of sulfonamides is 1. The third kappa shape index (κ3) is 2.88. The number of nitrogens with zero attached hydrogens (tertiary/aromatic N) is 1. The summed E-state index contributed by atoms with van der Waals surface area (Å²) in [7, 11) is -3.65. The van der Waals surface area contributed by atoms with Crippen molar-refractivity contribution in [1.29, 1.82) is 5.26 Å². The van der Waals surface area contributed by atoms with Gasteiger partial charge in [0.2, 0.25) is 10.0 Å². The molecule has 4 nitrogen and oxygen atoms in total. The molecule has 1 atom stereocenters. The van der Waals surface area contributed by atoms with Gasteiger partial charge in [-0.25, -0.2) is 8.42 Å². The maximum absolute atomic E-state index is 12.2. The summed E-state index contributed by atoms with van der Waals surface area (Å²) in [5.41, 5.74) is -0.966. The molecule has 1 aromatic rings. The number of hydrogen-bond acceptors (Lipinski definition) is 4. The lowest BCUT2D eigenvalue weighted by molar-refractivity contribution is 0.515. The van der Waals surface area contributed by atoms with Crippen LogP contribution in [0, 0.1) is 11.3 Å². The third-order valence-corrected chi connectivity index (χ3v) is 5.89. The number of nitriles is 1. The van der Waals surface area contributed by atoms with Crippen LogP contribution in [0.25, 0.3) is 0 Å². The van der Waals surface area contributed by atoms with Gasteiger partial charge < -0.3 is 0 Å². The summed E-state index contributed by atoms with van der Waals surface area (Å²) < 4.78 is 27.6. The Balaban J connectivity index is 2.30. The van der Waals surface area contributed by atoms with E-state index < -0.39 is 15.6 Å². The van der Waals surface area contributed by atoms with Gasteiger partial charge in [0.15, 0.2) is 0 Å². The number of rotatable bonds is 3. The average molecular weight is 347 g/mol. The fraction of sp³-hybridized carbons (Fsp3) is 0.364. The molecule has 1 aliphatic rings. The van der Waals surface area contributed by atoms with Crippen LogP contribution in [0.15, 0.2) is 33.6 Å². The predicted octanol–water partition coefficient (Wildman–Crippen LogP) is 2.13. The molecule has 96 valence electrons. The molecule has 1 N–H and O–H groups in total. The van der Waals surface area contributed by atoms with Gasteiger partial charge in [-0.2, -0.15) is 21.7 Å². The zero-order valence-corrected chi connectivity index (χ0v) is 12.6. The molecule has 1 aliphatic heterocycles. The van der Waals surface area contributed by atoms with Crippen LogP contribution < -0.4 is 4.72 Å². The quantitative estimate of drug-likeness (QED) is 0.909. The molecule has 0 radical (unpaired) electrons. The van der Waals surface area contributed by atoms with E-state index in [9.17, 15) is 13.7 Å². The third-order valence-electron chi connectivity index (χ3n) is 2.67. The second-order valence-corrected chi connectivity index (χ2v) is 7.76. The zero-order chi connectivity index (χ0) is 13.2. The van der Waals surface area contributed by atoms with E-state index in [1.165, 1.54) is 12.1 Å². The summed E-state index contributed by atoms with van der Waals surface area (Å²) in [6, 6.07) is 8.54. The Labute approximate surface area is 119 Å². The van der Waals surface area contributed by atoms with Crippen molar-refractivity contribution in [3.8, 4) is 6.07 Å². The topological polar surface area (TPSA) is 70.0 Å². The lowest BCUT2D eigenvalue weighted by atomic mass is 10.0. The van der Waals surface area contributed by atoms with Crippen LogP contribution in [0.2, 0.25) is 0 Å². The summed E-state index contributed by atoms with van der Waals surface area (Å²) in [5, 5.41) is 9.18. The molecule has 18 heavy (non-hydrogen) atoms. The molecule has 1 fully saturated rings. The van der Waals surface area contributed by atoms with E-state index in [-0.39, 0.29) is 4.90 Å². The second-order valence-electron chi connectivity index (χ2n) is 4.06. The van der Waals surface area contributed by atoms with Gasteiger partial charge in [0.25, 0.3) is 0 Å². The number of thioether (sulfide) groups is 1. The fourth-order valence-corrected chi connectivity index (χ4v) is 5.01. The lowest BCUT2D eigenvalue weighted by Crippen LogP contribution is -2.47. The Morgan fingerprint density at radius 3 is 2.83 bits per heavy atom. The van der Waals surface area contributed by atoms with Crippen molar-refractivity contribution in [2.75, 3.05) is 11.5 Å². The largest absolute Gasteiger partial charge is 0.242 e. The summed E-state index contributed by atoms with van der Waals surface area (Å²) in [4.78, 5) is 0.170. The van der Waals surface area contributed by atoms with E-state index >= 15 is 0 Å². The van der Waals surface area contributed by atoms with Gasteiger partial charge >= 0.3 is 0 Å². The summed E-state index contributed by atoms with van der Waals surface area (Å²) in [6.45, 7) is 0. The van der Waals surface area contributed by atoms with Crippen LogP contribution in [0.1, 0.15) is 6.42 Å². The van der Waals surface area contributed by atoms with Gasteiger partial charge in [0, 0.05) is 10.2 Å². The van der Waals surface area contributed by atoms with E-state index in [2.05, 4.69) is 26.7 Å². The van der Waals surface area contributed by atoms with E-state index in [1.54, 1.807) is 23.9 Å². The number of halogens is 1. The van der Waals surface area contributed by atoms with Gasteiger partial charge in [0.05, 0.1) is 11.0 Å². The van der Waals surface area contributed by atoms with Gasteiger partial charge in [-0.05, 0) is 30.4 Å². The van der Waals surface area contributed by atoms with E-state index in [4.69, 9.17) is 0 Å². The van der Waals surface area contributed by atoms with Crippen molar-refractivity contribution in [2.24, 2.45) is 0 Å². The van der Waals surface area contributed by atoms with Gasteiger partial charge in [-0.3, -0.25) is 0 Å². The first-order chi connectivity index (χ1) is 8.47. The number of nitrogens with one attached hydrogen (secondary N) is 1. The molecule has 1 aromatic carbocycles. The molecule has 1 heterocycles. The minimum absolute atomic E-state index is 0.170. The predicted molar refractivity (Wildman–Crippen MR) is 74.7 cm³/mol. The Morgan fingerprint density at radius 1 is 1.50 bits per heavy atom. The highest BCUT2D eigenvalue weighted by Crippen LogP contribution is 2.29. The first-order valence-electron chi connectivity index (χ1n) is 5.26. The van der Waals surface area contributed by atoms with Crippen LogP contribution >= 0.6 is 27.7 Å². The zero-order valence-electron chi connectivity index (χ0n) is 9.39. The number of benzene rings is 1. The van der Waals surface area contributed by atoms with E-state index in [0.29, 0.717) is 16.6 Å². The average Bonchev–Trinajstić information content (AvgIpc) is 2.77. The molecular weight excluding hydrogens is 336 g/mol. The van der Waals surface area contributed by atoms with Crippen molar-refractivity contribution >= 4 is 37.7 Å². The monoisotopic (exact) mass is 346 g/mol. The molecule has 0 spiro atoms. The summed E-state index contributed by atoms with van der Waals surface area (Å²) in [5.74, 6) is 1.30. The van der Waals surface area contributed by atoms with Crippen molar-refractivity contribution in [3.05, 3.63) is 28.7 Å².